The summed E-state index contributed by atoms with van der Waals surface area (Å²) in [5.41, 5.74) is 0. The van der Waals surface area contributed by atoms with Crippen molar-refractivity contribution >= 4 is 54.9 Å². The van der Waals surface area contributed by atoms with Crippen molar-refractivity contribution in [1.82, 2.24) is 0 Å². The van der Waals surface area contributed by atoms with Gasteiger partial charge in [0, 0.05) is 28.8 Å². The molecule has 0 saturated heterocycles. The van der Waals surface area contributed by atoms with E-state index in [-0.39, 0.29) is 7.43 Å². The first kappa shape index (κ1) is 41.0. The van der Waals surface area contributed by atoms with Crippen molar-refractivity contribution in [2.75, 3.05) is 28.8 Å². The van der Waals surface area contributed by atoms with Crippen LogP contribution in [0.3, 0.4) is 0 Å². The van der Waals surface area contributed by atoms with Gasteiger partial charge in [-0.05, 0) is 0 Å². The molecule has 0 fully saturated rings. The van der Waals surface area contributed by atoms with Crippen molar-refractivity contribution in [2.24, 2.45) is 25.7 Å². The second-order valence-electron chi connectivity index (χ2n) is 3.35. The second-order valence-corrected chi connectivity index (χ2v) is 10.0. The van der Waals surface area contributed by atoms with Crippen LogP contribution in [0.25, 0.3) is 0 Å². The molecule has 0 aliphatic carbocycles. The Hall–Kier alpha value is 0.550. The summed E-state index contributed by atoms with van der Waals surface area (Å²) in [5, 5.41) is 23.8. The van der Waals surface area contributed by atoms with Crippen LogP contribution in [0.2, 0.25) is 0 Å². The quantitative estimate of drug-likeness (QED) is 0.325. The van der Waals surface area contributed by atoms with E-state index in [1.54, 1.807) is 34.6 Å². The van der Waals surface area contributed by atoms with Crippen LogP contribution in [0.15, 0.2) is 0 Å². The minimum absolute atomic E-state index is 0. The lowest BCUT2D eigenvalue weighted by molar-refractivity contribution is 0.684. The van der Waals surface area contributed by atoms with Gasteiger partial charge < -0.3 is 0 Å². The first-order chi connectivity index (χ1) is 11.4. The lowest BCUT2D eigenvalue weighted by atomic mass is 11.0. The van der Waals surface area contributed by atoms with Crippen LogP contribution in [-0.4, -0.2) is 49.8 Å². The zero-order valence-electron chi connectivity index (χ0n) is 15.5. The van der Waals surface area contributed by atoms with Crippen LogP contribution in [0, 0.1) is 0 Å². The molecule has 0 rings (SSSR count). The molecule has 0 aliphatic rings. The highest BCUT2D eigenvalue weighted by molar-refractivity contribution is 7.83. The van der Waals surface area contributed by atoms with Crippen LogP contribution in [0.5, 0.6) is 0 Å². The van der Waals surface area contributed by atoms with Crippen LogP contribution in [0.1, 0.15) is 42.0 Å². The van der Waals surface area contributed by atoms with E-state index in [0.29, 0.717) is 28.8 Å². The fourth-order valence-electron chi connectivity index (χ4n) is 0. The lowest BCUT2D eigenvalue weighted by Crippen LogP contribution is -2.03. The summed E-state index contributed by atoms with van der Waals surface area (Å²) in [4.78, 5) is 0. The molecular weight excluding hydrogens is 442 g/mol. The molecule has 0 unspecified atom stereocenters. The Kier molecular flexibility index (Phi) is 57.6. The van der Waals surface area contributed by atoms with Crippen molar-refractivity contribution in [3.8, 4) is 0 Å². The highest BCUT2D eigenvalue weighted by Crippen LogP contribution is 1.59. The maximum atomic E-state index is 9.70. The first-order valence-corrected chi connectivity index (χ1v) is 13.9. The molecule has 168 valence electrons. The molecule has 15 heteroatoms. The maximum Gasteiger partial charge on any atom is 0.0885 e. The van der Waals surface area contributed by atoms with Crippen molar-refractivity contribution in [3.05, 3.63) is 0 Å². The van der Waals surface area contributed by atoms with Gasteiger partial charge in [-0.15, -0.1) is 0 Å². The molecule has 0 aromatic rings. The summed E-state index contributed by atoms with van der Waals surface area (Å²) < 4.78 is 48.5. The average Bonchev–Trinajstić information content (AvgIpc) is 2.56. The molecule has 0 bridgehead atoms. The third kappa shape index (κ3) is 122. The van der Waals surface area contributed by atoms with Gasteiger partial charge in [-0.2, -0.15) is 0 Å². The van der Waals surface area contributed by atoms with Crippen LogP contribution >= 0.6 is 0 Å². The molecule has 0 aromatic heterocycles. The number of hydrogen-bond donors (Lipinski definition) is 5. The van der Waals surface area contributed by atoms with Crippen molar-refractivity contribution < 1.29 is 21.0 Å². The average molecular weight is 482 g/mol. The molecule has 0 radical (unpaired) electrons. The van der Waals surface area contributed by atoms with Crippen molar-refractivity contribution in [3.63, 3.8) is 0 Å². The third-order valence-electron chi connectivity index (χ3n) is 1.42. The van der Waals surface area contributed by atoms with Crippen LogP contribution < -0.4 is 25.7 Å². The minimum Gasteiger partial charge on any atom is -0.252 e. The predicted octanol–water partition coefficient (Wildman–Crippen LogP) is -1.22. The summed E-state index contributed by atoms with van der Waals surface area (Å²) in [6.07, 6.45) is 0. The fourth-order valence-corrected chi connectivity index (χ4v) is 0. The highest BCUT2D eigenvalue weighted by Gasteiger charge is 1.75. The molecule has 0 aromatic carbocycles. The summed E-state index contributed by atoms with van der Waals surface area (Å²) in [6, 6.07) is 0. The first-order valence-electron chi connectivity index (χ1n) is 6.99. The van der Waals surface area contributed by atoms with Gasteiger partial charge in [-0.1, -0.05) is 42.0 Å². The Bertz CT molecular complexity index is 307. The number of hydrogen-bond acceptors (Lipinski definition) is 5. The summed E-state index contributed by atoms with van der Waals surface area (Å²) >= 11 is 0. The van der Waals surface area contributed by atoms with Crippen LogP contribution in [-0.2, 0) is 54.9 Å². The van der Waals surface area contributed by atoms with E-state index in [0.717, 1.165) is 0 Å². The SMILES string of the molecule is C.CC[S@](N)=O.CC[S@](N)=O.CC[S@](N)=O.CC[S@](N)=O.CC[S@](N)=O. The maximum absolute atomic E-state index is 9.70. The molecule has 10 nitrogen and oxygen atoms in total. The van der Waals surface area contributed by atoms with Gasteiger partial charge in [0.25, 0.3) is 0 Å². The van der Waals surface area contributed by atoms with E-state index in [1.807, 2.05) is 0 Å². The molecule has 5 atom stereocenters. The van der Waals surface area contributed by atoms with Gasteiger partial charge in [0.15, 0.2) is 0 Å². The Morgan fingerprint density at radius 1 is 0.423 bits per heavy atom. The van der Waals surface area contributed by atoms with Gasteiger partial charge in [-0.3, -0.25) is 25.7 Å². The van der Waals surface area contributed by atoms with Gasteiger partial charge in [0.1, 0.15) is 0 Å². The molecule has 0 saturated carbocycles. The third-order valence-corrected chi connectivity index (χ3v) is 4.27. The molecule has 0 spiro atoms. The zero-order valence-corrected chi connectivity index (χ0v) is 19.6. The number of rotatable bonds is 5. The number of nitrogens with two attached hydrogens (primary N) is 5. The van der Waals surface area contributed by atoms with E-state index in [4.69, 9.17) is 25.7 Å². The summed E-state index contributed by atoms with van der Waals surface area (Å²) in [6.45, 7) is 8.87. The summed E-state index contributed by atoms with van der Waals surface area (Å²) in [7, 11) is -5.36. The molecule has 26 heavy (non-hydrogen) atoms. The van der Waals surface area contributed by atoms with Gasteiger partial charge in [-0.25, -0.2) is 21.0 Å². The standard InChI is InChI=1S/5C2H7NOS.CH4/c5*1-2-5(3)4;/h5*2-3H2,1H3;1H4/t5*5-;/m11111./s1. The smallest absolute Gasteiger partial charge is 0.0885 e. The molecule has 0 heterocycles. The zero-order chi connectivity index (χ0) is 21.4. The monoisotopic (exact) mass is 481 g/mol. The van der Waals surface area contributed by atoms with Gasteiger partial charge in [0.05, 0.1) is 54.9 Å². The van der Waals surface area contributed by atoms with E-state index in [2.05, 4.69) is 0 Å². The Labute approximate surface area is 172 Å². The molecular formula is C11H39N5O5S5. The Morgan fingerprint density at radius 3 is 0.462 bits per heavy atom. The molecule has 10 N–H and O–H groups in total. The topological polar surface area (TPSA) is 215 Å². The Morgan fingerprint density at radius 2 is 0.462 bits per heavy atom. The fraction of sp³-hybridized carbons (Fsp3) is 1.00. The van der Waals surface area contributed by atoms with Crippen molar-refractivity contribution in [2.45, 2.75) is 42.0 Å². The molecule has 0 aliphatic heterocycles. The Balaban J connectivity index is -0.0000000476. The van der Waals surface area contributed by atoms with E-state index >= 15 is 0 Å². The summed E-state index contributed by atoms with van der Waals surface area (Å²) in [5.74, 6) is 2.78. The highest BCUT2D eigenvalue weighted by atomic mass is 32.2. The van der Waals surface area contributed by atoms with Crippen LogP contribution in [0.4, 0.5) is 0 Å². The minimum atomic E-state index is -1.07. The van der Waals surface area contributed by atoms with E-state index < -0.39 is 54.9 Å². The van der Waals surface area contributed by atoms with Crippen molar-refractivity contribution in [1.29, 1.82) is 0 Å². The van der Waals surface area contributed by atoms with E-state index in [1.165, 1.54) is 0 Å². The second kappa shape index (κ2) is 36.5. The lowest BCUT2D eigenvalue weighted by Gasteiger charge is -1.75. The van der Waals surface area contributed by atoms with Gasteiger partial charge in [0.2, 0.25) is 0 Å². The van der Waals surface area contributed by atoms with Gasteiger partial charge >= 0.3 is 0 Å². The normalized spacial score (nSPS) is 14.2. The molecule has 0 amide bonds. The largest absolute Gasteiger partial charge is 0.252 e. The van der Waals surface area contributed by atoms with E-state index in [9.17, 15) is 21.0 Å². The predicted molar refractivity (Wildman–Crippen MR) is 121 cm³/mol.